The molecule has 3 rings (SSSR count). The third-order valence-corrected chi connectivity index (χ3v) is 5.07. The number of amidine groups is 1. The molecule has 1 unspecified atom stereocenters. The lowest BCUT2D eigenvalue weighted by Gasteiger charge is -2.10. The minimum absolute atomic E-state index is 0.467. The molecule has 1 atom stereocenters. The molecule has 2 heterocycles. The molecule has 0 fully saturated rings. The smallest absolute Gasteiger partial charge is 0.154 e. The van der Waals surface area contributed by atoms with Gasteiger partial charge in [0.25, 0.3) is 0 Å². The van der Waals surface area contributed by atoms with Crippen LogP contribution in [0.5, 0.6) is 5.75 Å². The van der Waals surface area contributed by atoms with E-state index in [0.29, 0.717) is 17.0 Å². The summed E-state index contributed by atoms with van der Waals surface area (Å²) in [6.07, 6.45) is 4.78. The monoisotopic (exact) mass is 341 g/mol. The van der Waals surface area contributed by atoms with Gasteiger partial charge >= 0.3 is 0 Å². The number of hydrogen-bond donors (Lipinski definition) is 1. The number of nitrogens with zero attached hydrogens (tertiary/aromatic N) is 2. The lowest BCUT2D eigenvalue weighted by Crippen LogP contribution is -2.09. The van der Waals surface area contributed by atoms with E-state index in [2.05, 4.69) is 41.2 Å². The van der Waals surface area contributed by atoms with E-state index >= 15 is 0 Å². The van der Waals surface area contributed by atoms with Gasteiger partial charge in [0.1, 0.15) is 5.75 Å². The fourth-order valence-electron chi connectivity index (χ4n) is 2.61. The molecule has 0 saturated carbocycles. The van der Waals surface area contributed by atoms with E-state index in [-0.39, 0.29) is 0 Å². The van der Waals surface area contributed by atoms with Crippen LogP contribution in [0.25, 0.3) is 0 Å². The van der Waals surface area contributed by atoms with Crippen molar-refractivity contribution in [3.8, 4) is 5.75 Å². The summed E-state index contributed by atoms with van der Waals surface area (Å²) in [5, 5.41) is 1.18. The Labute approximate surface area is 147 Å². The zero-order valence-electron chi connectivity index (χ0n) is 13.9. The van der Waals surface area contributed by atoms with Gasteiger partial charge in [0.05, 0.1) is 13.2 Å². The molecule has 2 aromatic rings. The molecular weight excluding hydrogens is 318 g/mol. The molecule has 1 aliphatic rings. The number of benzene rings is 1. The highest BCUT2D eigenvalue weighted by Gasteiger charge is 2.17. The zero-order chi connectivity index (χ0) is 16.8. The van der Waals surface area contributed by atoms with Gasteiger partial charge in [0.15, 0.2) is 5.17 Å². The zero-order valence-corrected chi connectivity index (χ0v) is 14.8. The van der Waals surface area contributed by atoms with Gasteiger partial charge in [-0.3, -0.25) is 9.98 Å². The highest BCUT2D eigenvalue weighted by atomic mass is 32.2. The van der Waals surface area contributed by atoms with E-state index in [0.717, 1.165) is 37.3 Å². The number of hydrogen-bond acceptors (Lipinski definition) is 5. The number of ether oxygens (including phenoxy) is 1. The second kappa shape index (κ2) is 8.20. The standard InChI is InChI=1S/C19H23N3OS/c1-2-14-3-6-16(21-12-14)9-10-23-17-7-4-15(5-8-17)11-18-13-22-19(20)24-18/h3-8,12,18H,2,9-11,13H2,1H3,(H2,20,22). The first-order chi connectivity index (χ1) is 11.7. The minimum atomic E-state index is 0.467. The predicted molar refractivity (Wildman–Crippen MR) is 101 cm³/mol. The van der Waals surface area contributed by atoms with Crippen LogP contribution < -0.4 is 10.5 Å². The molecule has 0 amide bonds. The molecule has 1 aromatic carbocycles. The minimum Gasteiger partial charge on any atom is -0.493 e. The Morgan fingerprint density at radius 1 is 1.17 bits per heavy atom. The second-order valence-electron chi connectivity index (χ2n) is 5.88. The Balaban J connectivity index is 1.44. The van der Waals surface area contributed by atoms with E-state index in [1.165, 1.54) is 11.1 Å². The third kappa shape index (κ3) is 4.74. The Hall–Kier alpha value is -2.01. The van der Waals surface area contributed by atoms with Crippen molar-refractivity contribution >= 4 is 16.9 Å². The normalized spacial score (nSPS) is 16.9. The molecule has 0 radical (unpaired) electrons. The maximum absolute atomic E-state index is 5.82. The maximum Gasteiger partial charge on any atom is 0.154 e. The van der Waals surface area contributed by atoms with Crippen LogP contribution in [0.15, 0.2) is 47.6 Å². The van der Waals surface area contributed by atoms with Crippen LogP contribution >= 0.6 is 11.8 Å². The van der Waals surface area contributed by atoms with Gasteiger partial charge in [-0.05, 0) is 42.2 Å². The van der Waals surface area contributed by atoms with E-state index in [1.807, 2.05) is 18.3 Å². The van der Waals surface area contributed by atoms with Gasteiger partial charge in [0, 0.05) is 23.6 Å². The number of aliphatic imine (C=N–C) groups is 1. The lowest BCUT2D eigenvalue weighted by atomic mass is 10.1. The molecule has 24 heavy (non-hydrogen) atoms. The second-order valence-corrected chi connectivity index (χ2v) is 7.20. The summed E-state index contributed by atoms with van der Waals surface area (Å²) in [6.45, 7) is 3.59. The van der Waals surface area contributed by atoms with Crippen LogP contribution in [0.2, 0.25) is 0 Å². The van der Waals surface area contributed by atoms with Gasteiger partial charge in [-0.2, -0.15) is 0 Å². The summed E-state index contributed by atoms with van der Waals surface area (Å²) in [4.78, 5) is 8.69. The largest absolute Gasteiger partial charge is 0.493 e. The highest BCUT2D eigenvalue weighted by Crippen LogP contribution is 2.23. The molecule has 5 heteroatoms. The average molecular weight is 341 g/mol. The summed E-state index contributed by atoms with van der Waals surface area (Å²) >= 11 is 1.67. The number of aryl methyl sites for hydroxylation is 1. The molecule has 0 spiro atoms. The molecule has 2 N–H and O–H groups in total. The Morgan fingerprint density at radius 3 is 2.58 bits per heavy atom. The molecular formula is C19H23N3OS. The number of aromatic nitrogens is 1. The highest BCUT2D eigenvalue weighted by molar-refractivity contribution is 8.14. The van der Waals surface area contributed by atoms with Crippen LogP contribution in [0.4, 0.5) is 0 Å². The predicted octanol–water partition coefficient (Wildman–Crippen LogP) is 3.24. The molecule has 1 aliphatic heterocycles. The van der Waals surface area contributed by atoms with Crippen LogP contribution in [-0.2, 0) is 19.3 Å². The van der Waals surface area contributed by atoms with Gasteiger partial charge < -0.3 is 10.5 Å². The van der Waals surface area contributed by atoms with Crippen molar-refractivity contribution in [3.63, 3.8) is 0 Å². The maximum atomic E-state index is 5.82. The van der Waals surface area contributed by atoms with Crippen molar-refractivity contribution in [2.45, 2.75) is 31.4 Å². The summed E-state index contributed by atoms with van der Waals surface area (Å²) in [6, 6.07) is 12.5. The van der Waals surface area contributed by atoms with Crippen LogP contribution in [0.1, 0.15) is 23.7 Å². The first kappa shape index (κ1) is 16.8. The van der Waals surface area contributed by atoms with Crippen LogP contribution in [0, 0.1) is 0 Å². The van der Waals surface area contributed by atoms with Gasteiger partial charge in [-0.15, -0.1) is 0 Å². The molecule has 4 nitrogen and oxygen atoms in total. The Kier molecular flexibility index (Phi) is 5.75. The molecule has 126 valence electrons. The molecule has 0 bridgehead atoms. The molecule has 0 saturated heterocycles. The lowest BCUT2D eigenvalue weighted by molar-refractivity contribution is 0.320. The number of nitrogens with two attached hydrogens (primary N) is 1. The number of thioether (sulfide) groups is 1. The van der Waals surface area contributed by atoms with Gasteiger partial charge in [-0.1, -0.05) is 36.9 Å². The van der Waals surface area contributed by atoms with Crippen molar-refractivity contribution in [1.82, 2.24) is 4.98 Å². The summed E-state index contributed by atoms with van der Waals surface area (Å²) in [7, 11) is 0. The van der Waals surface area contributed by atoms with Crippen molar-refractivity contribution < 1.29 is 4.74 Å². The third-order valence-electron chi connectivity index (χ3n) is 4.05. The van der Waals surface area contributed by atoms with Crippen molar-refractivity contribution in [3.05, 3.63) is 59.4 Å². The Bertz CT molecular complexity index is 683. The molecule has 0 aliphatic carbocycles. The fraction of sp³-hybridized carbons (Fsp3) is 0.368. The van der Waals surface area contributed by atoms with Crippen LogP contribution in [-0.4, -0.2) is 28.6 Å². The topological polar surface area (TPSA) is 60.5 Å². The fourth-order valence-corrected chi connectivity index (χ4v) is 3.53. The van der Waals surface area contributed by atoms with Crippen molar-refractivity contribution in [2.75, 3.05) is 13.2 Å². The van der Waals surface area contributed by atoms with E-state index in [4.69, 9.17) is 10.5 Å². The quantitative estimate of drug-likeness (QED) is 0.840. The molecule has 1 aromatic heterocycles. The SMILES string of the molecule is CCc1ccc(CCOc2ccc(CC3CN=C(N)S3)cc2)nc1. The van der Waals surface area contributed by atoms with Crippen LogP contribution in [0.3, 0.4) is 0 Å². The van der Waals surface area contributed by atoms with E-state index in [9.17, 15) is 0 Å². The Morgan fingerprint density at radius 2 is 1.96 bits per heavy atom. The van der Waals surface area contributed by atoms with Crippen molar-refractivity contribution in [2.24, 2.45) is 10.7 Å². The number of rotatable bonds is 7. The van der Waals surface area contributed by atoms with Gasteiger partial charge in [0.2, 0.25) is 0 Å². The number of pyridine rings is 1. The summed E-state index contributed by atoms with van der Waals surface area (Å²) in [5.41, 5.74) is 9.34. The first-order valence-corrected chi connectivity index (χ1v) is 9.23. The van der Waals surface area contributed by atoms with Crippen molar-refractivity contribution in [1.29, 1.82) is 0 Å². The summed E-state index contributed by atoms with van der Waals surface area (Å²) < 4.78 is 5.82. The summed E-state index contributed by atoms with van der Waals surface area (Å²) in [5.74, 6) is 0.902. The first-order valence-electron chi connectivity index (χ1n) is 8.35. The van der Waals surface area contributed by atoms with E-state index < -0.39 is 0 Å². The van der Waals surface area contributed by atoms with Gasteiger partial charge in [-0.25, -0.2) is 0 Å². The average Bonchev–Trinajstić information content (AvgIpc) is 3.02. The van der Waals surface area contributed by atoms with E-state index in [1.54, 1.807) is 11.8 Å².